The first kappa shape index (κ1) is 16.4. The van der Waals surface area contributed by atoms with E-state index in [1.54, 1.807) is 6.20 Å². The molecule has 0 N–H and O–H groups in total. The van der Waals surface area contributed by atoms with E-state index in [4.69, 9.17) is 4.74 Å². The normalized spacial score (nSPS) is 22.8. The van der Waals surface area contributed by atoms with Gasteiger partial charge in [-0.15, -0.1) is 0 Å². The Morgan fingerprint density at radius 1 is 1.15 bits per heavy atom. The number of hydrogen-bond acceptors (Lipinski definition) is 5. The van der Waals surface area contributed by atoms with Crippen LogP contribution < -0.4 is 4.90 Å². The lowest BCUT2D eigenvalue weighted by Gasteiger charge is -2.60. The Kier molecular flexibility index (Phi) is 3.70. The molecule has 0 unspecified atom stereocenters. The molecular formula is C20H23N5O2. The number of allylic oxidation sites excluding steroid dienone is 4. The summed E-state index contributed by atoms with van der Waals surface area (Å²) < 4.78 is 5.76. The van der Waals surface area contributed by atoms with Crippen molar-refractivity contribution in [2.75, 3.05) is 44.2 Å². The zero-order valence-corrected chi connectivity index (χ0v) is 15.5. The molecule has 0 atom stereocenters. The van der Waals surface area contributed by atoms with Gasteiger partial charge in [0.1, 0.15) is 18.2 Å². The van der Waals surface area contributed by atoms with Crippen LogP contribution in [0.3, 0.4) is 0 Å². The van der Waals surface area contributed by atoms with E-state index in [9.17, 15) is 4.79 Å². The van der Waals surface area contributed by atoms with E-state index in [-0.39, 0.29) is 11.4 Å². The number of amides is 2. The summed E-state index contributed by atoms with van der Waals surface area (Å²) in [7, 11) is 0. The molecule has 2 saturated heterocycles. The van der Waals surface area contributed by atoms with Gasteiger partial charge in [-0.05, 0) is 13.0 Å². The molecule has 0 aromatic carbocycles. The summed E-state index contributed by atoms with van der Waals surface area (Å²) in [6.45, 7) is 6.61. The molecule has 1 spiro atoms. The largest absolute Gasteiger partial charge is 0.494 e. The average molecular weight is 365 g/mol. The summed E-state index contributed by atoms with van der Waals surface area (Å²) in [6, 6.07) is 0.0940. The van der Waals surface area contributed by atoms with Crippen molar-refractivity contribution >= 4 is 11.8 Å². The van der Waals surface area contributed by atoms with Crippen LogP contribution in [0.4, 0.5) is 10.6 Å². The van der Waals surface area contributed by atoms with Gasteiger partial charge in [0.25, 0.3) is 0 Å². The van der Waals surface area contributed by atoms with Crippen LogP contribution in [0.2, 0.25) is 0 Å². The second-order valence-corrected chi connectivity index (χ2v) is 7.81. The quantitative estimate of drug-likeness (QED) is 0.763. The molecule has 4 aliphatic rings. The van der Waals surface area contributed by atoms with Gasteiger partial charge < -0.3 is 14.5 Å². The Bertz CT molecular complexity index is 844. The Balaban J connectivity index is 1.21. The fraction of sp³-hybridized carbons (Fsp3) is 0.450. The molecule has 0 radical (unpaired) electrons. The number of urea groups is 1. The molecule has 27 heavy (non-hydrogen) atoms. The molecule has 1 aliphatic carbocycles. The lowest BCUT2D eigenvalue weighted by Crippen LogP contribution is -2.74. The predicted molar refractivity (Wildman–Crippen MR) is 101 cm³/mol. The third-order valence-corrected chi connectivity index (χ3v) is 5.67. The number of aromatic nitrogens is 2. The molecule has 4 heterocycles. The number of anilines is 1. The van der Waals surface area contributed by atoms with Crippen molar-refractivity contribution in [2.45, 2.75) is 13.3 Å². The van der Waals surface area contributed by atoms with Crippen molar-refractivity contribution in [3.05, 3.63) is 53.8 Å². The van der Waals surface area contributed by atoms with Crippen LogP contribution in [0.5, 0.6) is 0 Å². The number of rotatable bonds is 1. The summed E-state index contributed by atoms with van der Waals surface area (Å²) in [6.07, 6.45) is 12.4. The minimum atomic E-state index is 0.0940. The fourth-order valence-corrected chi connectivity index (χ4v) is 4.29. The first-order chi connectivity index (χ1) is 13.1. The molecule has 0 bridgehead atoms. The van der Waals surface area contributed by atoms with Crippen LogP contribution in [0.25, 0.3) is 0 Å². The van der Waals surface area contributed by atoms with Crippen molar-refractivity contribution < 1.29 is 9.53 Å². The number of aryl methyl sites for hydroxylation is 1. The molecule has 5 rings (SSSR count). The number of ether oxygens (including phenoxy) is 1. The molecule has 7 nitrogen and oxygen atoms in total. The van der Waals surface area contributed by atoms with Crippen LogP contribution >= 0.6 is 0 Å². The van der Waals surface area contributed by atoms with Gasteiger partial charge in [-0.2, -0.15) is 0 Å². The summed E-state index contributed by atoms with van der Waals surface area (Å²) in [4.78, 5) is 27.9. The highest BCUT2D eigenvalue weighted by Crippen LogP contribution is 2.42. The van der Waals surface area contributed by atoms with E-state index in [2.05, 4.69) is 20.9 Å². The van der Waals surface area contributed by atoms with Crippen molar-refractivity contribution in [1.29, 1.82) is 0 Å². The highest BCUT2D eigenvalue weighted by atomic mass is 16.5. The van der Waals surface area contributed by atoms with Crippen molar-refractivity contribution in [1.82, 2.24) is 19.8 Å². The monoisotopic (exact) mass is 365 g/mol. The van der Waals surface area contributed by atoms with Gasteiger partial charge in [0.15, 0.2) is 0 Å². The molecule has 7 heteroatoms. The average Bonchev–Trinajstić information content (AvgIpc) is 2.86. The van der Waals surface area contributed by atoms with Crippen molar-refractivity contribution in [2.24, 2.45) is 5.41 Å². The second kappa shape index (κ2) is 6.11. The fourth-order valence-electron chi connectivity index (χ4n) is 4.29. The van der Waals surface area contributed by atoms with E-state index in [1.807, 2.05) is 41.1 Å². The van der Waals surface area contributed by atoms with Crippen molar-refractivity contribution in [3.63, 3.8) is 0 Å². The van der Waals surface area contributed by atoms with Crippen LogP contribution in [-0.2, 0) is 4.74 Å². The lowest BCUT2D eigenvalue weighted by atomic mass is 9.73. The van der Waals surface area contributed by atoms with E-state index in [1.165, 1.54) is 0 Å². The minimum Gasteiger partial charge on any atom is -0.494 e. The molecule has 1 aromatic rings. The maximum Gasteiger partial charge on any atom is 0.324 e. The molecule has 3 aliphatic heterocycles. The Morgan fingerprint density at radius 3 is 2.78 bits per heavy atom. The standard InChI is InChI=1S/C20H23N5O2/c1-15-9-22-18(10-21-15)23-11-20(12-23)13-24(14-20)19(26)25-7-8-27-17-6-4-2-3-5-16(17)25/h2-5,9-10H,6-8,11-14H2,1H3. The van der Waals surface area contributed by atoms with Crippen LogP contribution in [0.15, 0.2) is 48.2 Å². The maximum atomic E-state index is 13.0. The zero-order chi connectivity index (χ0) is 18.4. The van der Waals surface area contributed by atoms with Crippen LogP contribution in [0.1, 0.15) is 12.1 Å². The second-order valence-electron chi connectivity index (χ2n) is 7.81. The predicted octanol–water partition coefficient (Wildman–Crippen LogP) is 2.09. The Morgan fingerprint density at radius 2 is 2.00 bits per heavy atom. The van der Waals surface area contributed by atoms with Gasteiger partial charge in [0, 0.05) is 38.0 Å². The number of carbonyl (C=O) groups excluding carboxylic acids is 1. The molecule has 140 valence electrons. The summed E-state index contributed by atoms with van der Waals surface area (Å²) in [5, 5.41) is 0. The highest BCUT2D eigenvalue weighted by Gasteiger charge is 2.54. The van der Waals surface area contributed by atoms with Gasteiger partial charge in [-0.25, -0.2) is 9.78 Å². The Labute approximate surface area is 158 Å². The van der Waals surface area contributed by atoms with Crippen LogP contribution in [-0.4, -0.2) is 65.1 Å². The Hall–Kier alpha value is -2.83. The van der Waals surface area contributed by atoms with Crippen LogP contribution in [0, 0.1) is 12.3 Å². The SMILES string of the molecule is Cc1cnc(N2CC3(CN(C(=O)N4CCOC5=C4C=CC=CC5)C3)C2)cn1. The van der Waals surface area contributed by atoms with E-state index < -0.39 is 0 Å². The summed E-state index contributed by atoms with van der Waals surface area (Å²) >= 11 is 0. The number of carbonyl (C=O) groups is 1. The molecule has 2 fully saturated rings. The first-order valence-corrected chi connectivity index (χ1v) is 9.43. The summed E-state index contributed by atoms with van der Waals surface area (Å²) in [5.41, 5.74) is 2.05. The number of nitrogens with zero attached hydrogens (tertiary/aromatic N) is 5. The van der Waals surface area contributed by atoms with Gasteiger partial charge >= 0.3 is 6.03 Å². The minimum absolute atomic E-state index is 0.0940. The smallest absolute Gasteiger partial charge is 0.324 e. The molecular weight excluding hydrogens is 342 g/mol. The summed E-state index contributed by atoms with van der Waals surface area (Å²) in [5.74, 6) is 1.82. The third kappa shape index (κ3) is 2.78. The first-order valence-electron chi connectivity index (χ1n) is 9.43. The van der Waals surface area contributed by atoms with Gasteiger partial charge in [-0.3, -0.25) is 9.88 Å². The third-order valence-electron chi connectivity index (χ3n) is 5.67. The zero-order valence-electron chi connectivity index (χ0n) is 15.5. The van der Waals surface area contributed by atoms with E-state index >= 15 is 0 Å². The highest BCUT2D eigenvalue weighted by molar-refractivity contribution is 5.79. The molecule has 1 aromatic heterocycles. The van der Waals surface area contributed by atoms with Gasteiger partial charge in [0.05, 0.1) is 30.3 Å². The number of likely N-dealkylation sites (tertiary alicyclic amines) is 1. The van der Waals surface area contributed by atoms with Gasteiger partial charge in [-0.1, -0.05) is 18.2 Å². The molecule has 2 amide bonds. The topological polar surface area (TPSA) is 61.8 Å². The maximum absolute atomic E-state index is 13.0. The van der Waals surface area contributed by atoms with E-state index in [0.29, 0.717) is 13.2 Å². The molecule has 0 saturated carbocycles. The lowest BCUT2D eigenvalue weighted by molar-refractivity contribution is -0.00520. The van der Waals surface area contributed by atoms with Crippen molar-refractivity contribution in [3.8, 4) is 0 Å². The van der Waals surface area contributed by atoms with Gasteiger partial charge in [0.2, 0.25) is 0 Å². The number of hydrogen-bond donors (Lipinski definition) is 0. The van der Waals surface area contributed by atoms with E-state index in [0.717, 1.165) is 55.6 Å².